The molecule has 0 amide bonds. The van der Waals surface area contributed by atoms with Crippen LogP contribution in [-0.2, 0) is 22.7 Å². The third-order valence-electron chi connectivity index (χ3n) is 4.31. The van der Waals surface area contributed by atoms with Crippen LogP contribution in [0.1, 0.15) is 24.0 Å². The van der Waals surface area contributed by atoms with Crippen molar-refractivity contribution < 1.29 is 43.5 Å². The van der Waals surface area contributed by atoms with E-state index >= 15 is 0 Å². The van der Waals surface area contributed by atoms with Crippen LogP contribution in [0.25, 0.3) is 0 Å². The van der Waals surface area contributed by atoms with Crippen LogP contribution < -0.4 is 0 Å². The van der Waals surface area contributed by atoms with Gasteiger partial charge in [-0.15, -0.1) is 0 Å². The molecular weight excluding hydrogens is 434 g/mol. The molecule has 158 valence electrons. The van der Waals surface area contributed by atoms with Gasteiger partial charge in [0, 0.05) is 12.6 Å². The molecule has 1 fully saturated rings. The Bertz CT molecular complexity index is 1020. The molecule has 2 aromatic carbocycles. The van der Waals surface area contributed by atoms with Gasteiger partial charge in [0.05, 0.1) is 5.56 Å². The summed E-state index contributed by atoms with van der Waals surface area (Å²) in [6.07, 6.45) is -4.11. The van der Waals surface area contributed by atoms with Crippen LogP contribution >= 0.6 is 0 Å². The maximum atomic E-state index is 14.0. The fourth-order valence-electron chi connectivity index (χ4n) is 2.68. The summed E-state index contributed by atoms with van der Waals surface area (Å²) in [5.41, 5.74) is -0.959. The lowest BCUT2D eigenvalue weighted by Crippen LogP contribution is -2.34. The average molecular weight is 445 g/mol. The minimum Gasteiger partial charge on any atom is -0.207 e. The molecule has 1 saturated carbocycles. The van der Waals surface area contributed by atoms with Gasteiger partial charge < -0.3 is 0 Å². The number of benzene rings is 2. The minimum atomic E-state index is -5.18. The second-order valence-electron chi connectivity index (χ2n) is 6.38. The van der Waals surface area contributed by atoms with Gasteiger partial charge in [0.2, 0.25) is 15.8 Å². The van der Waals surface area contributed by atoms with E-state index in [1.807, 2.05) is 0 Å². The Labute approximate surface area is 159 Å². The van der Waals surface area contributed by atoms with Crippen LogP contribution in [0.2, 0.25) is 0 Å². The molecular formula is C17H11F8NO2S. The monoisotopic (exact) mass is 445 g/mol. The highest BCUT2D eigenvalue weighted by molar-refractivity contribution is 7.89. The lowest BCUT2D eigenvalue weighted by atomic mass is 10.1. The number of alkyl halides is 3. The fourth-order valence-corrected chi connectivity index (χ4v) is 4.47. The SMILES string of the molecule is O=S(=O)(c1c(F)c(F)c(F)c(F)c1F)N(Cc1ccc(C(F)(F)F)cc1)C1CC1. The van der Waals surface area contributed by atoms with Gasteiger partial charge in [0.25, 0.3) is 0 Å². The lowest BCUT2D eigenvalue weighted by Gasteiger charge is -2.23. The molecule has 0 heterocycles. The number of rotatable bonds is 5. The lowest BCUT2D eigenvalue weighted by molar-refractivity contribution is -0.137. The predicted octanol–water partition coefficient (Wildman–Crippen LogP) is 4.75. The normalized spacial score (nSPS) is 15.2. The van der Waals surface area contributed by atoms with Gasteiger partial charge in [0.15, 0.2) is 28.2 Å². The zero-order valence-corrected chi connectivity index (χ0v) is 15.0. The highest BCUT2D eigenvalue weighted by Crippen LogP contribution is 2.37. The molecule has 0 unspecified atom stereocenters. The summed E-state index contributed by atoms with van der Waals surface area (Å²) < 4.78 is 132. The van der Waals surface area contributed by atoms with Crippen molar-refractivity contribution in [2.75, 3.05) is 0 Å². The zero-order valence-electron chi connectivity index (χ0n) is 14.2. The topological polar surface area (TPSA) is 37.4 Å². The molecule has 3 rings (SSSR count). The molecule has 2 aromatic rings. The van der Waals surface area contributed by atoms with E-state index in [9.17, 15) is 43.5 Å². The first-order chi connectivity index (χ1) is 13.4. The van der Waals surface area contributed by atoms with Crippen LogP contribution in [0, 0.1) is 29.1 Å². The van der Waals surface area contributed by atoms with Gasteiger partial charge in [-0.3, -0.25) is 0 Å². The first kappa shape index (κ1) is 21.5. The molecule has 3 nitrogen and oxygen atoms in total. The van der Waals surface area contributed by atoms with Gasteiger partial charge in [-0.05, 0) is 30.5 Å². The summed E-state index contributed by atoms with van der Waals surface area (Å²) in [6.45, 7) is -0.607. The van der Waals surface area contributed by atoms with Crippen molar-refractivity contribution in [2.24, 2.45) is 0 Å². The minimum absolute atomic E-state index is 0.0392. The number of nitrogens with zero attached hydrogens (tertiary/aromatic N) is 1. The first-order valence-electron chi connectivity index (χ1n) is 8.05. The van der Waals surface area contributed by atoms with Gasteiger partial charge in [-0.1, -0.05) is 12.1 Å². The molecule has 1 aliphatic carbocycles. The quantitative estimate of drug-likeness (QED) is 0.378. The Morgan fingerprint density at radius 2 is 1.28 bits per heavy atom. The van der Waals surface area contributed by atoms with E-state index < -0.39 is 68.3 Å². The Hall–Kier alpha value is -2.21. The summed E-state index contributed by atoms with van der Waals surface area (Å²) in [6, 6.07) is 2.52. The second-order valence-corrected chi connectivity index (χ2v) is 8.20. The number of hydrogen-bond donors (Lipinski definition) is 0. The Morgan fingerprint density at radius 3 is 1.69 bits per heavy atom. The van der Waals surface area contributed by atoms with E-state index in [-0.39, 0.29) is 18.4 Å². The van der Waals surface area contributed by atoms with E-state index in [1.54, 1.807) is 0 Å². The van der Waals surface area contributed by atoms with Crippen molar-refractivity contribution >= 4 is 10.0 Å². The molecule has 0 saturated heterocycles. The maximum Gasteiger partial charge on any atom is 0.416 e. The van der Waals surface area contributed by atoms with Crippen molar-refractivity contribution in [3.8, 4) is 0 Å². The van der Waals surface area contributed by atoms with Crippen molar-refractivity contribution in [1.29, 1.82) is 0 Å². The van der Waals surface area contributed by atoms with E-state index in [2.05, 4.69) is 0 Å². The molecule has 0 spiro atoms. The molecule has 0 bridgehead atoms. The van der Waals surface area contributed by atoms with Gasteiger partial charge in [-0.2, -0.15) is 17.5 Å². The van der Waals surface area contributed by atoms with E-state index in [4.69, 9.17) is 0 Å². The van der Waals surface area contributed by atoms with E-state index in [0.717, 1.165) is 12.1 Å². The second kappa shape index (κ2) is 7.24. The van der Waals surface area contributed by atoms with Gasteiger partial charge in [-0.25, -0.2) is 30.4 Å². The molecule has 12 heteroatoms. The van der Waals surface area contributed by atoms with E-state index in [1.165, 1.54) is 0 Å². The maximum absolute atomic E-state index is 14.0. The van der Waals surface area contributed by atoms with Crippen LogP contribution in [0.3, 0.4) is 0 Å². The average Bonchev–Trinajstić information content (AvgIpc) is 3.47. The smallest absolute Gasteiger partial charge is 0.207 e. The third-order valence-corrected chi connectivity index (χ3v) is 6.23. The summed E-state index contributed by atoms with van der Waals surface area (Å²) in [5.74, 6) is -12.3. The molecule has 0 atom stereocenters. The highest BCUT2D eigenvalue weighted by atomic mass is 32.2. The number of halogens is 8. The molecule has 1 aliphatic rings. The van der Waals surface area contributed by atoms with Crippen LogP contribution in [0.15, 0.2) is 29.2 Å². The summed E-state index contributed by atoms with van der Waals surface area (Å²) in [4.78, 5) is -1.99. The molecule has 0 N–H and O–H groups in total. The number of hydrogen-bond acceptors (Lipinski definition) is 2. The van der Waals surface area contributed by atoms with Gasteiger partial charge >= 0.3 is 6.18 Å². The van der Waals surface area contributed by atoms with E-state index in [0.29, 0.717) is 16.4 Å². The largest absolute Gasteiger partial charge is 0.416 e. The summed E-state index contributed by atoms with van der Waals surface area (Å²) in [7, 11) is -5.18. The molecule has 0 aromatic heterocycles. The van der Waals surface area contributed by atoms with Crippen LogP contribution in [-0.4, -0.2) is 18.8 Å². The molecule has 0 radical (unpaired) electrons. The standard InChI is InChI=1S/C17H11F8NO2S/c18-11-12(19)14(21)16(15(22)13(11)20)29(27,28)26(10-5-6-10)7-8-1-3-9(4-2-8)17(23,24)25/h1-4,10H,5-7H2. The molecule has 29 heavy (non-hydrogen) atoms. The summed E-state index contributed by atoms with van der Waals surface area (Å²) in [5, 5.41) is 0. The van der Waals surface area contributed by atoms with Crippen LogP contribution in [0.5, 0.6) is 0 Å². The van der Waals surface area contributed by atoms with Crippen molar-refractivity contribution in [2.45, 2.75) is 36.5 Å². The van der Waals surface area contributed by atoms with Crippen molar-refractivity contribution in [3.05, 3.63) is 64.5 Å². The van der Waals surface area contributed by atoms with Crippen molar-refractivity contribution in [3.63, 3.8) is 0 Å². The van der Waals surface area contributed by atoms with Crippen LogP contribution in [0.4, 0.5) is 35.1 Å². The van der Waals surface area contributed by atoms with Gasteiger partial charge in [0.1, 0.15) is 0 Å². The molecule has 0 aliphatic heterocycles. The fraction of sp³-hybridized carbons (Fsp3) is 0.294. The summed E-state index contributed by atoms with van der Waals surface area (Å²) >= 11 is 0. The Morgan fingerprint density at radius 1 is 0.828 bits per heavy atom. The highest BCUT2D eigenvalue weighted by Gasteiger charge is 2.43. The first-order valence-corrected chi connectivity index (χ1v) is 9.49. The zero-order chi connectivity index (χ0) is 21.7. The number of sulfonamides is 1. The predicted molar refractivity (Wildman–Crippen MR) is 83.4 cm³/mol. The third kappa shape index (κ3) is 3.95. The van der Waals surface area contributed by atoms with Crippen molar-refractivity contribution in [1.82, 2.24) is 4.31 Å². The Balaban J connectivity index is 2.02. The Kier molecular flexibility index (Phi) is 5.37.